The summed E-state index contributed by atoms with van der Waals surface area (Å²) in [5.41, 5.74) is 1.16. The van der Waals surface area contributed by atoms with Gasteiger partial charge in [0.25, 0.3) is 0 Å². The number of hydrogen-bond acceptors (Lipinski definition) is 3. The smallest absolute Gasteiger partial charge is 0.225 e. The number of rotatable bonds is 5. The molecule has 1 amide bonds. The van der Waals surface area contributed by atoms with E-state index in [2.05, 4.69) is 32.2 Å². The first-order chi connectivity index (χ1) is 12.2. The summed E-state index contributed by atoms with van der Waals surface area (Å²) in [4.78, 5) is 14.7. The molecule has 2 aliphatic rings. The van der Waals surface area contributed by atoms with Crippen LogP contribution in [0.4, 0.5) is 0 Å². The molecule has 138 valence electrons. The van der Waals surface area contributed by atoms with E-state index in [0.29, 0.717) is 17.9 Å². The third kappa shape index (κ3) is 4.98. The van der Waals surface area contributed by atoms with E-state index in [-0.39, 0.29) is 0 Å². The first-order valence-corrected chi connectivity index (χ1v) is 10.3. The average molecular weight is 409 g/mol. The molecular formula is C20H29BrN2O2. The Morgan fingerprint density at radius 2 is 1.92 bits per heavy atom. The van der Waals surface area contributed by atoms with Gasteiger partial charge in [-0.25, -0.2) is 0 Å². The highest BCUT2D eigenvalue weighted by molar-refractivity contribution is 9.10. The predicted octanol–water partition coefficient (Wildman–Crippen LogP) is 4.12. The molecule has 1 aliphatic heterocycles. The molecule has 1 aliphatic carbocycles. The zero-order valence-electron chi connectivity index (χ0n) is 15.1. The second-order valence-corrected chi connectivity index (χ2v) is 8.19. The van der Waals surface area contributed by atoms with E-state index in [4.69, 9.17) is 4.74 Å². The lowest BCUT2D eigenvalue weighted by Crippen LogP contribution is -2.46. The van der Waals surface area contributed by atoms with Crippen molar-refractivity contribution < 1.29 is 9.53 Å². The van der Waals surface area contributed by atoms with Crippen LogP contribution in [0.15, 0.2) is 22.7 Å². The van der Waals surface area contributed by atoms with Gasteiger partial charge in [0.2, 0.25) is 5.91 Å². The van der Waals surface area contributed by atoms with Gasteiger partial charge >= 0.3 is 0 Å². The van der Waals surface area contributed by atoms with Crippen LogP contribution in [-0.4, -0.2) is 37.0 Å². The summed E-state index contributed by atoms with van der Waals surface area (Å²) in [6.45, 7) is 2.58. The normalized spacial score (nSPS) is 19.8. The minimum Gasteiger partial charge on any atom is -0.496 e. The average Bonchev–Trinajstić information content (AvgIpc) is 2.67. The molecule has 0 spiro atoms. The molecule has 0 atom stereocenters. The second-order valence-electron chi connectivity index (χ2n) is 7.27. The number of nitrogens with zero attached hydrogens (tertiary/aromatic N) is 1. The Balaban J connectivity index is 1.46. The number of benzene rings is 1. The maximum absolute atomic E-state index is 12.6. The van der Waals surface area contributed by atoms with Crippen molar-refractivity contribution in [1.82, 2.24) is 10.2 Å². The summed E-state index contributed by atoms with van der Waals surface area (Å²) in [6, 6.07) is 6.57. The molecule has 1 aromatic carbocycles. The van der Waals surface area contributed by atoms with Crippen molar-refractivity contribution in [2.75, 3.05) is 20.2 Å². The van der Waals surface area contributed by atoms with Crippen molar-refractivity contribution >= 4 is 21.8 Å². The largest absolute Gasteiger partial charge is 0.496 e. The summed E-state index contributed by atoms with van der Waals surface area (Å²) in [6.07, 6.45) is 8.02. The second kappa shape index (κ2) is 9.04. The van der Waals surface area contributed by atoms with Crippen LogP contribution in [-0.2, 0) is 11.3 Å². The molecule has 3 rings (SSSR count). The summed E-state index contributed by atoms with van der Waals surface area (Å²) < 4.78 is 6.51. The fourth-order valence-electron chi connectivity index (χ4n) is 4.05. The van der Waals surface area contributed by atoms with Gasteiger partial charge in [0.1, 0.15) is 5.75 Å². The van der Waals surface area contributed by atoms with Crippen molar-refractivity contribution in [1.29, 1.82) is 0 Å². The number of likely N-dealkylation sites (tertiary alicyclic amines) is 1. The number of hydrogen-bond donors (Lipinski definition) is 1. The molecule has 4 nitrogen and oxygen atoms in total. The molecule has 0 radical (unpaired) electrons. The van der Waals surface area contributed by atoms with Gasteiger partial charge in [-0.3, -0.25) is 4.79 Å². The lowest BCUT2D eigenvalue weighted by Gasteiger charge is -2.35. The highest BCUT2D eigenvalue weighted by Gasteiger charge is 2.28. The summed E-state index contributed by atoms with van der Waals surface area (Å²) in [7, 11) is 1.71. The monoisotopic (exact) mass is 408 g/mol. The summed E-state index contributed by atoms with van der Waals surface area (Å²) in [5.74, 6) is 1.62. The first-order valence-electron chi connectivity index (χ1n) is 9.52. The molecule has 2 fully saturated rings. The summed E-state index contributed by atoms with van der Waals surface area (Å²) in [5, 5.41) is 3.64. The fourth-order valence-corrected chi connectivity index (χ4v) is 4.46. The number of amides is 1. The van der Waals surface area contributed by atoms with E-state index in [1.54, 1.807) is 7.11 Å². The van der Waals surface area contributed by atoms with E-state index in [1.807, 2.05) is 12.1 Å². The van der Waals surface area contributed by atoms with E-state index in [9.17, 15) is 4.79 Å². The quantitative estimate of drug-likeness (QED) is 0.796. The Morgan fingerprint density at radius 3 is 2.60 bits per heavy atom. The fraction of sp³-hybridized carbons (Fsp3) is 0.650. The maximum atomic E-state index is 12.6. The molecule has 5 heteroatoms. The van der Waals surface area contributed by atoms with E-state index >= 15 is 0 Å². The van der Waals surface area contributed by atoms with Crippen molar-refractivity contribution in [2.24, 2.45) is 5.92 Å². The third-order valence-electron chi connectivity index (χ3n) is 5.58. The summed E-state index contributed by atoms with van der Waals surface area (Å²) >= 11 is 3.53. The van der Waals surface area contributed by atoms with Crippen LogP contribution in [0.5, 0.6) is 5.75 Å². The van der Waals surface area contributed by atoms with Crippen LogP contribution in [0.3, 0.4) is 0 Å². The van der Waals surface area contributed by atoms with Gasteiger partial charge in [-0.2, -0.15) is 0 Å². The van der Waals surface area contributed by atoms with Crippen LogP contribution in [0.25, 0.3) is 0 Å². The SMILES string of the molecule is COc1ccc(Br)cc1CNC1CCN(C(=O)C2CCCCC2)CC1. The molecule has 1 saturated heterocycles. The van der Waals surface area contributed by atoms with Crippen LogP contribution in [0.2, 0.25) is 0 Å². The van der Waals surface area contributed by atoms with Gasteiger partial charge < -0.3 is 15.0 Å². The molecule has 1 saturated carbocycles. The Morgan fingerprint density at radius 1 is 1.20 bits per heavy atom. The van der Waals surface area contributed by atoms with Crippen LogP contribution >= 0.6 is 15.9 Å². The molecule has 1 aromatic rings. The van der Waals surface area contributed by atoms with Gasteiger partial charge in [0, 0.05) is 41.6 Å². The number of nitrogens with one attached hydrogen (secondary N) is 1. The van der Waals surface area contributed by atoms with E-state index in [1.165, 1.54) is 19.3 Å². The Bertz CT molecular complexity index is 579. The topological polar surface area (TPSA) is 41.6 Å². The number of carbonyl (C=O) groups excluding carboxylic acids is 1. The Hall–Kier alpha value is -1.07. The number of ether oxygens (including phenoxy) is 1. The Labute approximate surface area is 159 Å². The standard InChI is InChI=1S/C20H29BrN2O2/c1-25-19-8-7-17(21)13-16(19)14-22-18-9-11-23(12-10-18)20(24)15-5-3-2-4-6-15/h7-8,13,15,18,22H,2-6,9-12,14H2,1H3. The van der Waals surface area contributed by atoms with Gasteiger partial charge in [0.05, 0.1) is 7.11 Å². The zero-order valence-corrected chi connectivity index (χ0v) is 16.7. The lowest BCUT2D eigenvalue weighted by molar-refractivity contribution is -0.137. The maximum Gasteiger partial charge on any atom is 0.225 e. The Kier molecular flexibility index (Phi) is 6.77. The molecule has 0 aromatic heterocycles. The van der Waals surface area contributed by atoms with Gasteiger partial charge in [-0.1, -0.05) is 35.2 Å². The minimum atomic E-state index is 0.296. The van der Waals surface area contributed by atoms with Gasteiger partial charge in [-0.15, -0.1) is 0 Å². The molecule has 0 unspecified atom stereocenters. The van der Waals surface area contributed by atoms with Gasteiger partial charge in [0.15, 0.2) is 0 Å². The van der Waals surface area contributed by atoms with E-state index in [0.717, 1.165) is 61.1 Å². The first kappa shape index (κ1) is 18.7. The highest BCUT2D eigenvalue weighted by Crippen LogP contribution is 2.27. The molecule has 1 N–H and O–H groups in total. The van der Waals surface area contributed by atoms with Crippen LogP contribution in [0, 0.1) is 5.92 Å². The van der Waals surface area contributed by atoms with Crippen LogP contribution in [0.1, 0.15) is 50.5 Å². The van der Waals surface area contributed by atoms with Crippen molar-refractivity contribution in [2.45, 2.75) is 57.5 Å². The molecular weight excluding hydrogens is 380 g/mol. The van der Waals surface area contributed by atoms with Crippen LogP contribution < -0.4 is 10.1 Å². The van der Waals surface area contributed by atoms with Crippen molar-refractivity contribution in [3.63, 3.8) is 0 Å². The number of piperidine rings is 1. The predicted molar refractivity (Wildman–Crippen MR) is 104 cm³/mol. The minimum absolute atomic E-state index is 0.296. The van der Waals surface area contributed by atoms with E-state index < -0.39 is 0 Å². The highest BCUT2D eigenvalue weighted by atomic mass is 79.9. The van der Waals surface area contributed by atoms with Crippen molar-refractivity contribution in [3.05, 3.63) is 28.2 Å². The molecule has 25 heavy (non-hydrogen) atoms. The zero-order chi connectivity index (χ0) is 17.6. The lowest BCUT2D eigenvalue weighted by atomic mass is 9.87. The third-order valence-corrected chi connectivity index (χ3v) is 6.08. The molecule has 0 bridgehead atoms. The number of methoxy groups -OCH3 is 1. The van der Waals surface area contributed by atoms with Crippen molar-refractivity contribution in [3.8, 4) is 5.75 Å². The number of halogens is 1. The number of carbonyl (C=O) groups is 1. The van der Waals surface area contributed by atoms with Gasteiger partial charge in [-0.05, 0) is 43.9 Å². The molecule has 1 heterocycles.